The number of furan rings is 1. The Morgan fingerprint density at radius 3 is 2.47 bits per heavy atom. The molecule has 1 atom stereocenters. The highest BCUT2D eigenvalue weighted by atomic mass is 16.4. The maximum atomic E-state index is 10.6. The molecule has 0 amide bonds. The van der Waals surface area contributed by atoms with Crippen molar-refractivity contribution in [2.75, 3.05) is 13.1 Å². The zero-order chi connectivity index (χ0) is 11.4. The highest BCUT2D eigenvalue weighted by Crippen LogP contribution is 2.21. The van der Waals surface area contributed by atoms with Crippen molar-refractivity contribution in [2.45, 2.75) is 26.8 Å². The third-order valence-electron chi connectivity index (χ3n) is 2.61. The minimum atomic E-state index is -1.02. The molecule has 1 unspecified atom stereocenters. The van der Waals surface area contributed by atoms with E-state index in [9.17, 15) is 4.79 Å². The van der Waals surface area contributed by atoms with E-state index in [1.165, 1.54) is 6.07 Å². The highest BCUT2D eigenvalue weighted by molar-refractivity contribution is 5.84. The molecule has 1 N–H and O–H groups in total. The second kappa shape index (κ2) is 4.98. The molecule has 1 aromatic heterocycles. The lowest BCUT2D eigenvalue weighted by Crippen LogP contribution is -2.26. The number of carbonyl (C=O) groups is 1. The van der Waals surface area contributed by atoms with E-state index in [0.717, 1.165) is 13.1 Å². The van der Waals surface area contributed by atoms with Gasteiger partial charge in [0.15, 0.2) is 0 Å². The van der Waals surface area contributed by atoms with E-state index in [0.29, 0.717) is 5.76 Å². The van der Waals surface area contributed by atoms with E-state index >= 15 is 0 Å². The number of carboxylic acids is 1. The Kier molecular flexibility index (Phi) is 3.91. The van der Waals surface area contributed by atoms with Gasteiger partial charge in [-0.05, 0) is 32.1 Å². The van der Waals surface area contributed by atoms with Gasteiger partial charge in [-0.1, -0.05) is 13.8 Å². The highest BCUT2D eigenvalue weighted by Gasteiger charge is 2.17. The number of nitrogens with zero attached hydrogens (tertiary/aromatic N) is 1. The van der Waals surface area contributed by atoms with Gasteiger partial charge in [0, 0.05) is 0 Å². The molecule has 84 valence electrons. The van der Waals surface area contributed by atoms with Gasteiger partial charge >= 0.3 is 5.97 Å². The summed E-state index contributed by atoms with van der Waals surface area (Å²) in [6.45, 7) is 7.99. The summed E-state index contributed by atoms with van der Waals surface area (Å²) < 4.78 is 5.25. The average molecular weight is 211 g/mol. The largest absolute Gasteiger partial charge is 0.475 e. The summed E-state index contributed by atoms with van der Waals surface area (Å²) in [5, 5.41) is 8.73. The summed E-state index contributed by atoms with van der Waals surface area (Å²) in [4.78, 5) is 12.8. The van der Waals surface area contributed by atoms with Crippen molar-refractivity contribution in [1.82, 2.24) is 4.90 Å². The van der Waals surface area contributed by atoms with Crippen LogP contribution in [0.2, 0.25) is 0 Å². The quantitative estimate of drug-likeness (QED) is 0.812. The van der Waals surface area contributed by atoms with Crippen molar-refractivity contribution < 1.29 is 14.3 Å². The minimum absolute atomic E-state index is 0.00371. The van der Waals surface area contributed by atoms with Crippen LogP contribution in [0.5, 0.6) is 0 Å². The molecule has 1 heterocycles. The first-order chi connectivity index (χ1) is 7.10. The molecular formula is C11H17NO3. The standard InChI is InChI=1S/C11H17NO3/c1-4-12(5-2)8(3)9-6-7-10(15-9)11(13)14/h6-8H,4-5H2,1-3H3,(H,13,14). The number of hydrogen-bond acceptors (Lipinski definition) is 3. The van der Waals surface area contributed by atoms with Gasteiger partial charge in [-0.25, -0.2) is 4.79 Å². The topological polar surface area (TPSA) is 53.7 Å². The van der Waals surface area contributed by atoms with Crippen LogP contribution in [-0.4, -0.2) is 29.1 Å². The molecule has 0 fully saturated rings. The van der Waals surface area contributed by atoms with Gasteiger partial charge in [0.25, 0.3) is 0 Å². The van der Waals surface area contributed by atoms with E-state index in [2.05, 4.69) is 18.7 Å². The zero-order valence-electron chi connectivity index (χ0n) is 9.36. The van der Waals surface area contributed by atoms with Crippen LogP contribution in [0, 0.1) is 0 Å². The lowest BCUT2D eigenvalue weighted by Gasteiger charge is -2.24. The monoisotopic (exact) mass is 211 g/mol. The van der Waals surface area contributed by atoms with E-state index in [4.69, 9.17) is 9.52 Å². The molecule has 1 rings (SSSR count). The lowest BCUT2D eigenvalue weighted by molar-refractivity contribution is 0.0656. The first-order valence-corrected chi connectivity index (χ1v) is 5.17. The molecular weight excluding hydrogens is 194 g/mol. The third-order valence-corrected chi connectivity index (χ3v) is 2.61. The number of hydrogen-bond donors (Lipinski definition) is 1. The van der Waals surface area contributed by atoms with E-state index < -0.39 is 5.97 Å². The second-order valence-corrected chi connectivity index (χ2v) is 3.40. The molecule has 0 spiro atoms. The van der Waals surface area contributed by atoms with Gasteiger partial charge in [0.05, 0.1) is 6.04 Å². The third kappa shape index (κ3) is 2.59. The number of carboxylic acid groups (broad SMARTS) is 1. The summed E-state index contributed by atoms with van der Waals surface area (Å²) in [6.07, 6.45) is 0. The molecule has 0 aliphatic rings. The van der Waals surface area contributed by atoms with Crippen molar-refractivity contribution in [3.63, 3.8) is 0 Å². The predicted molar refractivity (Wildman–Crippen MR) is 57.0 cm³/mol. The fourth-order valence-corrected chi connectivity index (χ4v) is 1.64. The molecule has 0 aliphatic heterocycles. The Hall–Kier alpha value is -1.29. The summed E-state index contributed by atoms with van der Waals surface area (Å²) in [5.74, 6) is -0.312. The van der Waals surface area contributed by atoms with Crippen LogP contribution in [0.15, 0.2) is 16.5 Å². The first-order valence-electron chi connectivity index (χ1n) is 5.17. The van der Waals surface area contributed by atoms with Gasteiger partial charge in [0.2, 0.25) is 5.76 Å². The lowest BCUT2D eigenvalue weighted by atomic mass is 10.2. The summed E-state index contributed by atoms with van der Waals surface area (Å²) >= 11 is 0. The van der Waals surface area contributed by atoms with Gasteiger partial charge in [-0.2, -0.15) is 0 Å². The Morgan fingerprint density at radius 1 is 1.47 bits per heavy atom. The summed E-state index contributed by atoms with van der Waals surface area (Å²) in [7, 11) is 0. The maximum absolute atomic E-state index is 10.6. The normalized spacial score (nSPS) is 13.1. The number of aromatic carboxylic acids is 1. The predicted octanol–water partition coefficient (Wildman–Crippen LogP) is 2.38. The van der Waals surface area contributed by atoms with Gasteiger partial charge in [-0.3, -0.25) is 4.90 Å². The molecule has 0 radical (unpaired) electrons. The second-order valence-electron chi connectivity index (χ2n) is 3.40. The van der Waals surface area contributed by atoms with Crippen LogP contribution in [0.1, 0.15) is 43.1 Å². The Morgan fingerprint density at radius 2 is 2.07 bits per heavy atom. The van der Waals surface area contributed by atoms with E-state index in [1.54, 1.807) is 6.07 Å². The SMILES string of the molecule is CCN(CC)C(C)c1ccc(C(=O)O)o1. The van der Waals surface area contributed by atoms with Crippen molar-refractivity contribution >= 4 is 5.97 Å². The molecule has 0 aliphatic carbocycles. The molecule has 0 saturated carbocycles. The van der Waals surface area contributed by atoms with Crippen LogP contribution in [0.4, 0.5) is 0 Å². The molecule has 15 heavy (non-hydrogen) atoms. The van der Waals surface area contributed by atoms with Crippen LogP contribution < -0.4 is 0 Å². The van der Waals surface area contributed by atoms with Crippen LogP contribution in [-0.2, 0) is 0 Å². The first kappa shape index (κ1) is 11.8. The van der Waals surface area contributed by atoms with Crippen LogP contribution in [0.3, 0.4) is 0 Å². The summed E-state index contributed by atoms with van der Waals surface area (Å²) in [6, 6.07) is 3.34. The zero-order valence-corrected chi connectivity index (χ0v) is 9.36. The molecule has 4 nitrogen and oxygen atoms in total. The van der Waals surface area contributed by atoms with E-state index in [-0.39, 0.29) is 11.8 Å². The van der Waals surface area contributed by atoms with Crippen molar-refractivity contribution in [3.8, 4) is 0 Å². The van der Waals surface area contributed by atoms with Crippen molar-refractivity contribution in [2.24, 2.45) is 0 Å². The molecule has 1 aromatic rings. The smallest absolute Gasteiger partial charge is 0.371 e. The van der Waals surface area contributed by atoms with Gasteiger partial charge in [-0.15, -0.1) is 0 Å². The maximum Gasteiger partial charge on any atom is 0.371 e. The molecule has 0 aromatic carbocycles. The number of rotatable bonds is 5. The Bertz CT molecular complexity index is 328. The van der Waals surface area contributed by atoms with Gasteiger partial charge < -0.3 is 9.52 Å². The molecule has 0 bridgehead atoms. The fraction of sp³-hybridized carbons (Fsp3) is 0.545. The van der Waals surface area contributed by atoms with Crippen LogP contribution in [0.25, 0.3) is 0 Å². The Balaban J connectivity index is 2.81. The minimum Gasteiger partial charge on any atom is -0.475 e. The summed E-state index contributed by atoms with van der Waals surface area (Å²) in [5.41, 5.74) is 0. The van der Waals surface area contributed by atoms with Gasteiger partial charge in [0.1, 0.15) is 5.76 Å². The van der Waals surface area contributed by atoms with Crippen molar-refractivity contribution in [3.05, 3.63) is 23.7 Å². The Labute approximate surface area is 89.5 Å². The van der Waals surface area contributed by atoms with E-state index in [1.807, 2.05) is 6.92 Å². The average Bonchev–Trinajstić information content (AvgIpc) is 2.68. The molecule has 0 saturated heterocycles. The van der Waals surface area contributed by atoms with Crippen LogP contribution >= 0.6 is 0 Å². The molecule has 4 heteroatoms. The fourth-order valence-electron chi connectivity index (χ4n) is 1.64. The van der Waals surface area contributed by atoms with Crippen molar-refractivity contribution in [1.29, 1.82) is 0 Å².